The van der Waals surface area contributed by atoms with Crippen molar-refractivity contribution in [3.05, 3.63) is 46.1 Å². The van der Waals surface area contributed by atoms with E-state index in [1.807, 2.05) is 31.2 Å². The fraction of sp³-hybridized carbons (Fsp3) is 0.167. The average Bonchev–Trinajstić information content (AvgIpc) is 2.76. The zero-order chi connectivity index (χ0) is 13.1. The van der Waals surface area contributed by atoms with Crippen molar-refractivity contribution < 1.29 is 4.79 Å². The molecule has 5 nitrogen and oxygen atoms in total. The van der Waals surface area contributed by atoms with Crippen molar-refractivity contribution in [2.45, 2.75) is 13.0 Å². The Hall–Kier alpha value is -1.82. The number of anilines is 1. The van der Waals surface area contributed by atoms with E-state index < -0.39 is 0 Å². The molecule has 1 aromatic carbocycles. The minimum Gasteiger partial charge on any atom is -0.382 e. The molecule has 2 aromatic rings. The second-order valence-electron chi connectivity index (χ2n) is 3.95. The quantitative estimate of drug-likeness (QED) is 0.813. The Balaban J connectivity index is 2.05. The molecule has 0 aliphatic heterocycles. The minimum atomic E-state index is -0.227. The zero-order valence-electron chi connectivity index (χ0n) is 9.77. The number of rotatable bonds is 3. The van der Waals surface area contributed by atoms with Crippen molar-refractivity contribution in [1.29, 1.82) is 0 Å². The van der Waals surface area contributed by atoms with Crippen LogP contribution in [0.1, 0.15) is 29.0 Å². The number of carbonyl (C=O) groups is 1. The first-order valence-electron chi connectivity index (χ1n) is 5.43. The molecule has 0 saturated carbocycles. The molecule has 94 valence electrons. The van der Waals surface area contributed by atoms with E-state index in [4.69, 9.17) is 5.73 Å². The maximum Gasteiger partial charge on any atom is 0.269 e. The number of carbonyl (C=O) groups excluding carboxylic acids is 1. The maximum absolute atomic E-state index is 11.9. The van der Waals surface area contributed by atoms with Gasteiger partial charge >= 0.3 is 0 Å². The predicted molar refractivity (Wildman–Crippen MR) is 73.0 cm³/mol. The van der Waals surface area contributed by atoms with Crippen molar-refractivity contribution in [3.63, 3.8) is 0 Å². The molecular weight excluding hydrogens is 296 g/mol. The number of H-pyrrole nitrogens is 1. The summed E-state index contributed by atoms with van der Waals surface area (Å²) in [4.78, 5) is 11.9. The highest BCUT2D eigenvalue weighted by atomic mass is 79.9. The Labute approximate surface area is 113 Å². The van der Waals surface area contributed by atoms with Gasteiger partial charge in [-0.15, -0.1) is 0 Å². The molecule has 0 unspecified atom stereocenters. The topological polar surface area (TPSA) is 83.8 Å². The first-order chi connectivity index (χ1) is 8.56. The van der Waals surface area contributed by atoms with Gasteiger partial charge in [0.15, 0.2) is 0 Å². The molecule has 0 bridgehead atoms. The first-order valence-corrected chi connectivity index (χ1v) is 6.23. The Morgan fingerprint density at radius 2 is 2.11 bits per heavy atom. The molecule has 1 amide bonds. The van der Waals surface area contributed by atoms with Crippen LogP contribution in [0.4, 0.5) is 5.82 Å². The van der Waals surface area contributed by atoms with Crippen LogP contribution in [-0.4, -0.2) is 16.1 Å². The van der Waals surface area contributed by atoms with Crippen LogP contribution in [0, 0.1) is 0 Å². The third-order valence-electron chi connectivity index (χ3n) is 2.56. The van der Waals surface area contributed by atoms with Gasteiger partial charge in [-0.05, 0) is 24.6 Å². The molecule has 2 rings (SSSR count). The fourth-order valence-electron chi connectivity index (χ4n) is 1.56. The van der Waals surface area contributed by atoms with Crippen molar-refractivity contribution in [2.75, 3.05) is 5.73 Å². The number of aromatic nitrogens is 2. The minimum absolute atomic E-state index is 0.0878. The molecule has 4 N–H and O–H groups in total. The molecule has 0 fully saturated rings. The van der Waals surface area contributed by atoms with Crippen LogP contribution in [0.15, 0.2) is 34.8 Å². The summed E-state index contributed by atoms with van der Waals surface area (Å²) < 4.78 is 1.01. The van der Waals surface area contributed by atoms with E-state index in [-0.39, 0.29) is 11.9 Å². The third-order valence-corrected chi connectivity index (χ3v) is 3.09. The van der Waals surface area contributed by atoms with Crippen molar-refractivity contribution >= 4 is 27.7 Å². The number of nitrogens with two attached hydrogens (primary N) is 1. The predicted octanol–water partition coefficient (Wildman–Crippen LogP) is 2.25. The monoisotopic (exact) mass is 308 g/mol. The van der Waals surface area contributed by atoms with E-state index >= 15 is 0 Å². The summed E-state index contributed by atoms with van der Waals surface area (Å²) in [6.45, 7) is 1.92. The van der Waals surface area contributed by atoms with Gasteiger partial charge in [0.25, 0.3) is 5.91 Å². The van der Waals surface area contributed by atoms with Gasteiger partial charge in [0.2, 0.25) is 0 Å². The van der Waals surface area contributed by atoms with E-state index in [2.05, 4.69) is 31.4 Å². The molecule has 6 heteroatoms. The van der Waals surface area contributed by atoms with E-state index in [1.54, 1.807) is 0 Å². The summed E-state index contributed by atoms with van der Waals surface area (Å²) in [6.07, 6.45) is 0. The van der Waals surface area contributed by atoms with Gasteiger partial charge in [-0.2, -0.15) is 5.10 Å². The molecule has 18 heavy (non-hydrogen) atoms. The number of halogens is 1. The molecule has 0 spiro atoms. The molecule has 1 aromatic heterocycles. The second-order valence-corrected chi connectivity index (χ2v) is 4.87. The summed E-state index contributed by atoms with van der Waals surface area (Å²) in [7, 11) is 0. The van der Waals surface area contributed by atoms with Gasteiger partial charge in [-0.3, -0.25) is 9.89 Å². The van der Waals surface area contributed by atoms with Crippen LogP contribution >= 0.6 is 15.9 Å². The summed E-state index contributed by atoms with van der Waals surface area (Å²) >= 11 is 3.37. The van der Waals surface area contributed by atoms with Crippen LogP contribution in [0.2, 0.25) is 0 Å². The Morgan fingerprint density at radius 3 is 2.67 bits per heavy atom. The van der Waals surface area contributed by atoms with Gasteiger partial charge in [0.1, 0.15) is 11.5 Å². The summed E-state index contributed by atoms with van der Waals surface area (Å²) in [5.41, 5.74) is 6.83. The standard InChI is InChI=1S/C12H13BrN4O/c1-7(8-2-4-9(13)5-3-8)15-12(18)10-6-11(14)17-16-10/h2-7H,1H3,(H,15,18)(H3,14,16,17)/t7-/m0/s1. The fourth-order valence-corrected chi connectivity index (χ4v) is 1.83. The lowest BCUT2D eigenvalue weighted by molar-refractivity contribution is 0.0935. The van der Waals surface area contributed by atoms with Crippen LogP contribution in [0.3, 0.4) is 0 Å². The highest BCUT2D eigenvalue weighted by Gasteiger charge is 2.13. The van der Waals surface area contributed by atoms with Crippen molar-refractivity contribution in [2.24, 2.45) is 0 Å². The first kappa shape index (κ1) is 12.6. The molecule has 1 atom stereocenters. The smallest absolute Gasteiger partial charge is 0.269 e. The molecule has 0 aliphatic carbocycles. The largest absolute Gasteiger partial charge is 0.382 e. The van der Waals surface area contributed by atoms with Gasteiger partial charge < -0.3 is 11.1 Å². The number of hydrogen-bond donors (Lipinski definition) is 3. The van der Waals surface area contributed by atoms with Crippen LogP contribution in [0.5, 0.6) is 0 Å². The maximum atomic E-state index is 11.9. The third kappa shape index (κ3) is 2.89. The highest BCUT2D eigenvalue weighted by Crippen LogP contribution is 2.16. The van der Waals surface area contributed by atoms with Gasteiger partial charge in [-0.1, -0.05) is 28.1 Å². The Kier molecular flexibility index (Phi) is 3.66. The van der Waals surface area contributed by atoms with E-state index in [0.717, 1.165) is 10.0 Å². The second kappa shape index (κ2) is 5.22. The lowest BCUT2D eigenvalue weighted by Crippen LogP contribution is -2.26. The normalized spacial score (nSPS) is 12.1. The van der Waals surface area contributed by atoms with Gasteiger partial charge in [0, 0.05) is 10.5 Å². The molecule has 0 aliphatic rings. The van der Waals surface area contributed by atoms with Gasteiger partial charge in [-0.25, -0.2) is 0 Å². The summed E-state index contributed by atoms with van der Waals surface area (Å²) in [5.74, 6) is 0.0751. The molecule has 0 radical (unpaired) electrons. The molecule has 0 saturated heterocycles. The summed E-state index contributed by atoms with van der Waals surface area (Å²) in [5, 5.41) is 9.16. The van der Waals surface area contributed by atoms with E-state index in [1.165, 1.54) is 6.07 Å². The SMILES string of the molecule is C[C@H](NC(=O)c1cc(N)n[nH]1)c1ccc(Br)cc1. The molecule has 1 heterocycles. The van der Waals surface area contributed by atoms with Gasteiger partial charge in [0.05, 0.1) is 6.04 Å². The number of amides is 1. The van der Waals surface area contributed by atoms with Crippen LogP contribution < -0.4 is 11.1 Å². The average molecular weight is 309 g/mol. The van der Waals surface area contributed by atoms with Crippen molar-refractivity contribution in [3.8, 4) is 0 Å². The number of nitrogens with one attached hydrogen (secondary N) is 2. The number of aromatic amines is 1. The zero-order valence-corrected chi connectivity index (χ0v) is 11.4. The number of nitrogen functional groups attached to an aromatic ring is 1. The Morgan fingerprint density at radius 1 is 1.44 bits per heavy atom. The van der Waals surface area contributed by atoms with E-state index in [9.17, 15) is 4.79 Å². The lowest BCUT2D eigenvalue weighted by Gasteiger charge is -2.13. The van der Waals surface area contributed by atoms with Crippen LogP contribution in [0.25, 0.3) is 0 Å². The summed E-state index contributed by atoms with van der Waals surface area (Å²) in [6, 6.07) is 9.20. The number of hydrogen-bond acceptors (Lipinski definition) is 3. The number of benzene rings is 1. The molecular formula is C12H13BrN4O. The Bertz CT molecular complexity index is 549. The highest BCUT2D eigenvalue weighted by molar-refractivity contribution is 9.10. The number of nitrogens with zero attached hydrogens (tertiary/aromatic N) is 1. The van der Waals surface area contributed by atoms with Crippen LogP contribution in [-0.2, 0) is 0 Å². The van der Waals surface area contributed by atoms with Crippen molar-refractivity contribution in [1.82, 2.24) is 15.5 Å². The lowest BCUT2D eigenvalue weighted by atomic mass is 10.1. The van der Waals surface area contributed by atoms with E-state index in [0.29, 0.717) is 11.5 Å².